The van der Waals surface area contributed by atoms with Crippen molar-refractivity contribution >= 4 is 21.5 Å². The molecule has 0 N–H and O–H groups in total. The van der Waals surface area contributed by atoms with E-state index in [2.05, 4.69) is 15.3 Å². The van der Waals surface area contributed by atoms with Gasteiger partial charge in [-0.05, 0) is 19.8 Å². The van der Waals surface area contributed by atoms with Crippen molar-refractivity contribution in [1.82, 2.24) is 18.5 Å². The van der Waals surface area contributed by atoms with Crippen molar-refractivity contribution in [3.63, 3.8) is 0 Å². The lowest BCUT2D eigenvalue weighted by atomic mass is 10.2. The first-order valence-corrected chi connectivity index (χ1v) is 10.7. The van der Waals surface area contributed by atoms with E-state index in [9.17, 15) is 8.42 Å². The van der Waals surface area contributed by atoms with Crippen LogP contribution in [0.2, 0.25) is 0 Å². The molecule has 3 heterocycles. The Morgan fingerprint density at radius 3 is 2.17 bits per heavy atom. The van der Waals surface area contributed by atoms with Gasteiger partial charge in [0.2, 0.25) is 0 Å². The van der Waals surface area contributed by atoms with E-state index in [1.807, 2.05) is 6.92 Å². The molecule has 0 amide bonds. The van der Waals surface area contributed by atoms with Crippen LogP contribution in [-0.4, -0.2) is 66.2 Å². The minimum atomic E-state index is -3.27. The summed E-state index contributed by atoms with van der Waals surface area (Å²) in [5.41, 5.74) is 1.09. The van der Waals surface area contributed by atoms with Crippen molar-refractivity contribution in [2.75, 3.05) is 39.3 Å². The Kier molecular flexibility index (Phi) is 5.69. The topological polar surface area (TPSA) is 56.8 Å². The van der Waals surface area contributed by atoms with Crippen molar-refractivity contribution < 1.29 is 8.42 Å². The second kappa shape index (κ2) is 7.57. The van der Waals surface area contributed by atoms with Crippen LogP contribution in [0.1, 0.15) is 36.4 Å². The number of hydrogen-bond donors (Lipinski definition) is 0. The van der Waals surface area contributed by atoms with Gasteiger partial charge in [0.1, 0.15) is 0 Å². The first-order chi connectivity index (χ1) is 11.1. The summed E-state index contributed by atoms with van der Waals surface area (Å²) in [5.74, 6) is 0. The highest BCUT2D eigenvalue weighted by Gasteiger charge is 2.32. The van der Waals surface area contributed by atoms with Crippen LogP contribution in [0.15, 0.2) is 5.38 Å². The summed E-state index contributed by atoms with van der Waals surface area (Å²) in [4.78, 5) is 6.79. The van der Waals surface area contributed by atoms with Crippen molar-refractivity contribution in [2.45, 2.75) is 39.2 Å². The quantitative estimate of drug-likeness (QED) is 0.822. The monoisotopic (exact) mass is 358 g/mol. The van der Waals surface area contributed by atoms with Crippen LogP contribution in [0, 0.1) is 6.92 Å². The van der Waals surface area contributed by atoms with Gasteiger partial charge in [0.25, 0.3) is 10.2 Å². The average Bonchev–Trinajstić information content (AvgIpc) is 2.79. The van der Waals surface area contributed by atoms with Crippen LogP contribution in [0.3, 0.4) is 0 Å². The van der Waals surface area contributed by atoms with Crippen LogP contribution in [0.5, 0.6) is 0 Å². The summed E-state index contributed by atoms with van der Waals surface area (Å²) < 4.78 is 28.9. The van der Waals surface area contributed by atoms with Gasteiger partial charge >= 0.3 is 0 Å². The number of piperazine rings is 1. The van der Waals surface area contributed by atoms with Gasteiger partial charge in [0.15, 0.2) is 0 Å². The molecule has 2 fully saturated rings. The Hall–Kier alpha value is -0.540. The fourth-order valence-corrected chi connectivity index (χ4v) is 5.54. The first kappa shape index (κ1) is 17.3. The molecule has 1 aromatic rings. The largest absolute Gasteiger partial charge is 0.295 e. The minimum Gasteiger partial charge on any atom is -0.295 e. The zero-order chi connectivity index (χ0) is 16.3. The lowest BCUT2D eigenvalue weighted by Gasteiger charge is -2.36. The first-order valence-electron chi connectivity index (χ1n) is 8.44. The smallest absolute Gasteiger partial charge is 0.282 e. The van der Waals surface area contributed by atoms with E-state index in [0.717, 1.165) is 56.0 Å². The van der Waals surface area contributed by atoms with Gasteiger partial charge in [-0.2, -0.15) is 17.0 Å². The molecule has 2 saturated heterocycles. The highest BCUT2D eigenvalue weighted by molar-refractivity contribution is 7.86. The van der Waals surface area contributed by atoms with Gasteiger partial charge in [-0.25, -0.2) is 4.98 Å². The van der Waals surface area contributed by atoms with E-state index in [1.165, 1.54) is 0 Å². The molecule has 130 valence electrons. The van der Waals surface area contributed by atoms with Crippen LogP contribution in [0.25, 0.3) is 0 Å². The van der Waals surface area contributed by atoms with E-state index in [4.69, 9.17) is 0 Å². The maximum Gasteiger partial charge on any atom is 0.282 e. The van der Waals surface area contributed by atoms with Gasteiger partial charge < -0.3 is 0 Å². The van der Waals surface area contributed by atoms with Crippen LogP contribution in [0.4, 0.5) is 0 Å². The fraction of sp³-hybridized carbons (Fsp3) is 0.800. The standard InChI is InChI=1S/C15H26N4O2S2/c1-14-16-15(13-22-14)12-17-8-10-19(11-9-17)23(20,21)18-6-4-2-3-5-7-18/h13H,2-12H2,1H3. The minimum absolute atomic E-state index is 0.585. The third-order valence-corrected chi connectivity index (χ3v) is 7.46. The summed E-state index contributed by atoms with van der Waals surface area (Å²) in [7, 11) is -3.27. The molecule has 2 aliphatic heterocycles. The Balaban J connectivity index is 1.55. The molecule has 23 heavy (non-hydrogen) atoms. The van der Waals surface area contributed by atoms with E-state index in [-0.39, 0.29) is 0 Å². The molecule has 0 unspecified atom stereocenters. The van der Waals surface area contributed by atoms with Crippen molar-refractivity contribution in [3.8, 4) is 0 Å². The number of hydrogen-bond acceptors (Lipinski definition) is 5. The summed E-state index contributed by atoms with van der Waals surface area (Å²) >= 11 is 1.67. The van der Waals surface area contributed by atoms with Gasteiger partial charge in [-0.1, -0.05) is 12.8 Å². The van der Waals surface area contributed by atoms with Crippen molar-refractivity contribution in [1.29, 1.82) is 0 Å². The number of nitrogens with zero attached hydrogens (tertiary/aromatic N) is 4. The Morgan fingerprint density at radius 2 is 1.61 bits per heavy atom. The lowest BCUT2D eigenvalue weighted by molar-refractivity contribution is 0.173. The van der Waals surface area contributed by atoms with Gasteiger partial charge in [0.05, 0.1) is 10.7 Å². The maximum absolute atomic E-state index is 12.8. The summed E-state index contributed by atoms with van der Waals surface area (Å²) in [6, 6.07) is 0. The number of rotatable bonds is 4. The van der Waals surface area contributed by atoms with Crippen LogP contribution < -0.4 is 0 Å². The predicted octanol–water partition coefficient (Wildman–Crippen LogP) is 1.69. The highest BCUT2D eigenvalue weighted by Crippen LogP contribution is 2.19. The molecule has 0 aromatic carbocycles. The summed E-state index contributed by atoms with van der Waals surface area (Å²) in [6.45, 7) is 6.93. The van der Waals surface area contributed by atoms with Gasteiger partial charge in [-0.15, -0.1) is 11.3 Å². The van der Waals surface area contributed by atoms with Crippen molar-refractivity contribution in [2.24, 2.45) is 0 Å². The maximum atomic E-state index is 12.8. The third-order valence-electron chi connectivity index (χ3n) is 4.60. The zero-order valence-corrected chi connectivity index (χ0v) is 15.4. The molecule has 0 bridgehead atoms. The number of aryl methyl sites for hydroxylation is 1. The van der Waals surface area contributed by atoms with E-state index in [0.29, 0.717) is 26.2 Å². The zero-order valence-electron chi connectivity index (χ0n) is 13.8. The second-order valence-electron chi connectivity index (χ2n) is 6.35. The Bertz CT molecular complexity index is 601. The summed E-state index contributed by atoms with van der Waals surface area (Å²) in [5, 5.41) is 3.18. The summed E-state index contributed by atoms with van der Waals surface area (Å²) in [6.07, 6.45) is 4.27. The average molecular weight is 359 g/mol. The van der Waals surface area contributed by atoms with Crippen LogP contribution >= 0.6 is 11.3 Å². The highest BCUT2D eigenvalue weighted by atomic mass is 32.2. The molecule has 0 aliphatic carbocycles. The molecule has 0 saturated carbocycles. The SMILES string of the molecule is Cc1nc(CN2CCN(S(=O)(=O)N3CCCCCC3)CC2)cs1. The normalized spacial score (nSPS) is 23.0. The van der Waals surface area contributed by atoms with Crippen LogP contribution in [-0.2, 0) is 16.8 Å². The molecular formula is C15H26N4O2S2. The molecule has 2 aliphatic rings. The molecule has 8 heteroatoms. The molecule has 0 radical (unpaired) electrons. The van der Waals surface area contributed by atoms with Crippen molar-refractivity contribution in [3.05, 3.63) is 16.1 Å². The lowest BCUT2D eigenvalue weighted by Crippen LogP contribution is -2.52. The Labute approximate surface area is 143 Å². The molecule has 0 spiro atoms. The van der Waals surface area contributed by atoms with Gasteiger partial charge in [0, 0.05) is 51.2 Å². The van der Waals surface area contributed by atoms with E-state index in [1.54, 1.807) is 19.9 Å². The molecule has 6 nitrogen and oxygen atoms in total. The van der Waals surface area contributed by atoms with Gasteiger partial charge in [-0.3, -0.25) is 4.90 Å². The van der Waals surface area contributed by atoms with E-state index >= 15 is 0 Å². The number of aromatic nitrogens is 1. The molecular weight excluding hydrogens is 332 g/mol. The fourth-order valence-electron chi connectivity index (χ4n) is 3.26. The molecule has 1 aromatic heterocycles. The number of thiazole rings is 1. The molecule has 0 atom stereocenters. The van der Waals surface area contributed by atoms with E-state index < -0.39 is 10.2 Å². The third kappa shape index (κ3) is 4.30. The predicted molar refractivity (Wildman–Crippen MR) is 92.7 cm³/mol. The Morgan fingerprint density at radius 1 is 1.00 bits per heavy atom. The second-order valence-corrected chi connectivity index (χ2v) is 9.34. The molecule has 3 rings (SSSR count).